The van der Waals surface area contributed by atoms with E-state index >= 15 is 0 Å². The van der Waals surface area contributed by atoms with Crippen LogP contribution in [-0.2, 0) is 6.42 Å². The molecule has 1 aromatic heterocycles. The fourth-order valence-corrected chi connectivity index (χ4v) is 2.15. The molecule has 0 atom stereocenters. The van der Waals surface area contributed by atoms with Crippen molar-refractivity contribution in [2.75, 3.05) is 25.1 Å². The van der Waals surface area contributed by atoms with Gasteiger partial charge in [0.25, 0.3) is 5.56 Å². The first-order valence-corrected chi connectivity index (χ1v) is 8.11. The van der Waals surface area contributed by atoms with Crippen LogP contribution in [0, 0.1) is 0 Å². The van der Waals surface area contributed by atoms with E-state index < -0.39 is 6.03 Å². The van der Waals surface area contributed by atoms with Gasteiger partial charge >= 0.3 is 6.03 Å². The Balaban J connectivity index is 1.86. The molecular formula is C17H22N4O4. The van der Waals surface area contributed by atoms with Gasteiger partial charge in [0.2, 0.25) is 0 Å². The standard InChI is InChI=1S/C17H22N4O4/c1-3-24-13-6-5-12(11-14(13)25-4-2)9-10-18-17(23)19-15-7-8-16(22)21-20-15/h5-8,11H,3-4,9-10H2,1-2H3,(H,21,22)(H2,18,19,20,23). The minimum absolute atomic E-state index is 0.275. The fourth-order valence-electron chi connectivity index (χ4n) is 2.15. The molecule has 0 spiro atoms. The number of ether oxygens (including phenoxy) is 2. The van der Waals surface area contributed by atoms with E-state index in [1.165, 1.54) is 12.1 Å². The zero-order chi connectivity index (χ0) is 18.1. The van der Waals surface area contributed by atoms with Crippen LogP contribution in [0.3, 0.4) is 0 Å². The Bertz CT molecular complexity index is 740. The minimum Gasteiger partial charge on any atom is -0.490 e. The maximum Gasteiger partial charge on any atom is 0.320 e. The molecule has 0 radical (unpaired) electrons. The number of benzene rings is 1. The summed E-state index contributed by atoms with van der Waals surface area (Å²) in [5, 5.41) is 11.2. The van der Waals surface area contributed by atoms with Crippen LogP contribution < -0.4 is 25.7 Å². The number of rotatable bonds is 8. The Morgan fingerprint density at radius 3 is 2.56 bits per heavy atom. The Morgan fingerprint density at radius 1 is 1.12 bits per heavy atom. The molecule has 1 heterocycles. The van der Waals surface area contributed by atoms with Crippen LogP contribution in [0.25, 0.3) is 0 Å². The number of H-pyrrole nitrogens is 1. The number of nitrogens with zero attached hydrogens (tertiary/aromatic N) is 1. The number of hydrogen-bond acceptors (Lipinski definition) is 5. The molecule has 2 aromatic rings. The third kappa shape index (κ3) is 5.83. The average molecular weight is 346 g/mol. The van der Waals surface area contributed by atoms with Crippen molar-refractivity contribution in [1.29, 1.82) is 0 Å². The zero-order valence-corrected chi connectivity index (χ0v) is 14.3. The Morgan fingerprint density at radius 2 is 1.88 bits per heavy atom. The zero-order valence-electron chi connectivity index (χ0n) is 14.3. The summed E-state index contributed by atoms with van der Waals surface area (Å²) in [6.07, 6.45) is 0.638. The third-order valence-electron chi connectivity index (χ3n) is 3.23. The number of carbonyl (C=O) groups excluding carboxylic acids is 1. The first-order valence-electron chi connectivity index (χ1n) is 8.11. The van der Waals surface area contributed by atoms with E-state index in [-0.39, 0.29) is 11.4 Å². The molecular weight excluding hydrogens is 324 g/mol. The van der Waals surface area contributed by atoms with Crippen LogP contribution in [0.4, 0.5) is 10.6 Å². The second-order valence-corrected chi connectivity index (χ2v) is 5.08. The molecule has 3 N–H and O–H groups in total. The van der Waals surface area contributed by atoms with Crippen molar-refractivity contribution in [3.63, 3.8) is 0 Å². The van der Waals surface area contributed by atoms with Gasteiger partial charge in [-0.05, 0) is 44.0 Å². The lowest BCUT2D eigenvalue weighted by molar-refractivity contribution is 0.252. The molecule has 2 rings (SSSR count). The summed E-state index contributed by atoms with van der Waals surface area (Å²) in [6.45, 7) is 5.40. The SMILES string of the molecule is CCOc1ccc(CCNC(=O)Nc2ccc(=O)[nH]n2)cc1OCC. The van der Waals surface area contributed by atoms with Gasteiger partial charge in [-0.3, -0.25) is 10.1 Å². The van der Waals surface area contributed by atoms with E-state index in [1.807, 2.05) is 32.0 Å². The quantitative estimate of drug-likeness (QED) is 0.677. The number of hydrogen-bond donors (Lipinski definition) is 3. The molecule has 0 saturated heterocycles. The third-order valence-corrected chi connectivity index (χ3v) is 3.23. The maximum atomic E-state index is 11.8. The van der Waals surface area contributed by atoms with Gasteiger partial charge in [0.05, 0.1) is 13.2 Å². The van der Waals surface area contributed by atoms with Crippen molar-refractivity contribution in [1.82, 2.24) is 15.5 Å². The number of amides is 2. The molecule has 0 aliphatic rings. The molecule has 0 fully saturated rings. The maximum absolute atomic E-state index is 11.8. The van der Waals surface area contributed by atoms with Gasteiger partial charge in [0, 0.05) is 12.6 Å². The van der Waals surface area contributed by atoms with Crippen LogP contribution in [0.2, 0.25) is 0 Å². The van der Waals surface area contributed by atoms with Crippen LogP contribution in [0.15, 0.2) is 35.1 Å². The summed E-state index contributed by atoms with van der Waals surface area (Å²) >= 11 is 0. The molecule has 0 aliphatic heterocycles. The second-order valence-electron chi connectivity index (χ2n) is 5.08. The Hall–Kier alpha value is -3.03. The lowest BCUT2D eigenvalue weighted by Crippen LogP contribution is -2.31. The molecule has 0 saturated carbocycles. The van der Waals surface area contributed by atoms with E-state index in [0.29, 0.717) is 37.7 Å². The predicted molar refractivity (Wildman–Crippen MR) is 94.4 cm³/mol. The molecule has 2 amide bonds. The van der Waals surface area contributed by atoms with Gasteiger partial charge in [-0.15, -0.1) is 0 Å². The van der Waals surface area contributed by atoms with E-state index in [2.05, 4.69) is 20.8 Å². The van der Waals surface area contributed by atoms with Crippen LogP contribution >= 0.6 is 0 Å². The van der Waals surface area contributed by atoms with Gasteiger partial charge < -0.3 is 14.8 Å². The molecule has 134 valence electrons. The van der Waals surface area contributed by atoms with Gasteiger partial charge in [0.1, 0.15) is 0 Å². The average Bonchev–Trinajstić information content (AvgIpc) is 2.59. The monoisotopic (exact) mass is 346 g/mol. The predicted octanol–water partition coefficient (Wildman–Crippen LogP) is 1.93. The molecule has 0 aliphatic carbocycles. The lowest BCUT2D eigenvalue weighted by atomic mass is 10.1. The fraction of sp³-hybridized carbons (Fsp3) is 0.353. The molecule has 1 aromatic carbocycles. The van der Waals surface area contributed by atoms with Crippen molar-refractivity contribution in [2.24, 2.45) is 0 Å². The van der Waals surface area contributed by atoms with Crippen LogP contribution in [0.1, 0.15) is 19.4 Å². The highest BCUT2D eigenvalue weighted by Crippen LogP contribution is 2.28. The number of aromatic amines is 1. The minimum atomic E-state index is -0.393. The van der Waals surface area contributed by atoms with Crippen molar-refractivity contribution < 1.29 is 14.3 Å². The lowest BCUT2D eigenvalue weighted by Gasteiger charge is -2.12. The summed E-state index contributed by atoms with van der Waals surface area (Å²) < 4.78 is 11.1. The largest absolute Gasteiger partial charge is 0.490 e. The number of aromatic nitrogens is 2. The highest BCUT2D eigenvalue weighted by atomic mass is 16.5. The normalized spacial score (nSPS) is 10.2. The molecule has 8 nitrogen and oxygen atoms in total. The van der Waals surface area contributed by atoms with Gasteiger partial charge in [-0.2, -0.15) is 5.10 Å². The number of urea groups is 1. The second kappa shape index (κ2) is 9.31. The van der Waals surface area contributed by atoms with Gasteiger partial charge in [0.15, 0.2) is 17.3 Å². The van der Waals surface area contributed by atoms with E-state index in [0.717, 1.165) is 5.56 Å². The first kappa shape index (κ1) is 18.3. The van der Waals surface area contributed by atoms with Crippen molar-refractivity contribution in [3.8, 4) is 11.5 Å². The van der Waals surface area contributed by atoms with Gasteiger partial charge in [-0.1, -0.05) is 6.07 Å². The Labute approximate surface area is 145 Å². The highest BCUT2D eigenvalue weighted by molar-refractivity contribution is 5.87. The molecule has 0 bridgehead atoms. The van der Waals surface area contributed by atoms with Crippen molar-refractivity contribution >= 4 is 11.8 Å². The van der Waals surface area contributed by atoms with Crippen molar-refractivity contribution in [3.05, 3.63) is 46.2 Å². The van der Waals surface area contributed by atoms with Crippen molar-refractivity contribution in [2.45, 2.75) is 20.3 Å². The van der Waals surface area contributed by atoms with Crippen LogP contribution in [0.5, 0.6) is 11.5 Å². The summed E-state index contributed by atoms with van der Waals surface area (Å²) in [6, 6.07) is 8.05. The first-order chi connectivity index (χ1) is 12.1. The Kier molecular flexibility index (Phi) is 6.82. The van der Waals surface area contributed by atoms with E-state index in [1.54, 1.807) is 0 Å². The summed E-state index contributed by atoms with van der Waals surface area (Å²) in [5.74, 6) is 1.68. The smallest absolute Gasteiger partial charge is 0.320 e. The summed E-state index contributed by atoms with van der Waals surface area (Å²) in [7, 11) is 0. The number of nitrogens with one attached hydrogen (secondary N) is 3. The highest BCUT2D eigenvalue weighted by Gasteiger charge is 2.07. The topological polar surface area (TPSA) is 105 Å². The van der Waals surface area contributed by atoms with Crippen LogP contribution in [-0.4, -0.2) is 36.0 Å². The van der Waals surface area contributed by atoms with E-state index in [9.17, 15) is 9.59 Å². The van der Waals surface area contributed by atoms with E-state index in [4.69, 9.17) is 9.47 Å². The molecule has 8 heteroatoms. The summed E-state index contributed by atoms with van der Waals surface area (Å²) in [4.78, 5) is 22.7. The number of anilines is 1. The molecule has 25 heavy (non-hydrogen) atoms. The van der Waals surface area contributed by atoms with Gasteiger partial charge in [-0.25, -0.2) is 9.89 Å². The number of carbonyl (C=O) groups is 1. The summed E-state index contributed by atoms with van der Waals surface area (Å²) in [5.41, 5.74) is 0.695. The molecule has 0 unspecified atom stereocenters.